The van der Waals surface area contributed by atoms with Crippen LogP contribution in [0.1, 0.15) is 44.3 Å². The molecule has 2 N–H and O–H groups in total. The van der Waals surface area contributed by atoms with Crippen molar-refractivity contribution >= 4 is 11.6 Å². The maximum atomic E-state index is 13.1. The van der Waals surface area contributed by atoms with Crippen molar-refractivity contribution < 1.29 is 29.3 Å². The fraction of sp³-hybridized carbons (Fsp3) is 0.300. The van der Waals surface area contributed by atoms with Crippen molar-refractivity contribution in [1.29, 1.82) is 0 Å². The van der Waals surface area contributed by atoms with Gasteiger partial charge in [0, 0.05) is 17.5 Å². The fourth-order valence-electron chi connectivity index (χ4n) is 3.27. The summed E-state index contributed by atoms with van der Waals surface area (Å²) in [5, 5.41) is 19.5. The zero-order valence-electron chi connectivity index (χ0n) is 14.8. The van der Waals surface area contributed by atoms with Crippen LogP contribution in [0.25, 0.3) is 0 Å². The summed E-state index contributed by atoms with van der Waals surface area (Å²) < 4.78 is 10.7. The molecule has 0 saturated carbocycles. The van der Waals surface area contributed by atoms with Crippen molar-refractivity contribution in [2.75, 3.05) is 20.8 Å². The Balaban J connectivity index is 2.21. The molecule has 3 rings (SSSR count). The summed E-state index contributed by atoms with van der Waals surface area (Å²) in [6.45, 7) is 1.04. The van der Waals surface area contributed by atoms with Crippen LogP contribution >= 0.6 is 0 Å². The van der Waals surface area contributed by atoms with Gasteiger partial charge in [-0.15, -0.1) is 0 Å². The normalized spacial score (nSPS) is 15.1. The molecule has 6 nitrogen and oxygen atoms in total. The topological polar surface area (TPSA) is 93.1 Å². The number of fused-ring (bicyclic) bond motifs is 2. The molecule has 0 aliphatic heterocycles. The number of benzene rings is 2. The zero-order chi connectivity index (χ0) is 19.1. The van der Waals surface area contributed by atoms with E-state index in [9.17, 15) is 19.8 Å². The Morgan fingerprint density at radius 1 is 0.962 bits per heavy atom. The number of methoxy groups -OCH3 is 2. The summed E-state index contributed by atoms with van der Waals surface area (Å²) in [6.07, 6.45) is 0.0758. The van der Waals surface area contributed by atoms with E-state index < -0.39 is 12.2 Å². The lowest BCUT2D eigenvalue weighted by Gasteiger charge is -2.25. The molecule has 0 fully saturated rings. The van der Waals surface area contributed by atoms with E-state index in [1.54, 1.807) is 30.3 Å². The lowest BCUT2D eigenvalue weighted by Crippen LogP contribution is -2.32. The molecule has 0 heterocycles. The van der Waals surface area contributed by atoms with Crippen LogP contribution in [0.4, 0.5) is 0 Å². The number of aliphatic hydroxyl groups excluding tert-OH is 1. The number of carbonyl (C=O) groups is 2. The zero-order valence-corrected chi connectivity index (χ0v) is 14.8. The van der Waals surface area contributed by atoms with Crippen LogP contribution in [0.3, 0.4) is 0 Å². The van der Waals surface area contributed by atoms with Crippen molar-refractivity contribution in [2.24, 2.45) is 0 Å². The third-order valence-electron chi connectivity index (χ3n) is 4.54. The van der Waals surface area contributed by atoms with Gasteiger partial charge in [0.25, 0.3) is 0 Å². The summed E-state index contributed by atoms with van der Waals surface area (Å²) in [5.74, 6) is -0.0672. The predicted molar refractivity (Wildman–Crippen MR) is 94.3 cm³/mol. The molecule has 136 valence electrons. The highest BCUT2D eigenvalue weighted by atomic mass is 16.5. The van der Waals surface area contributed by atoms with Crippen LogP contribution in [0.5, 0.6) is 11.5 Å². The van der Waals surface area contributed by atoms with Crippen LogP contribution < -0.4 is 9.47 Å². The van der Waals surface area contributed by atoms with Crippen molar-refractivity contribution in [3.63, 3.8) is 0 Å². The Kier molecular flexibility index (Phi) is 4.56. The molecule has 0 aromatic heterocycles. The Morgan fingerprint density at radius 2 is 1.62 bits per heavy atom. The molecular weight excluding hydrogens is 336 g/mol. The van der Waals surface area contributed by atoms with E-state index >= 15 is 0 Å². The number of aliphatic hydroxyl groups is 2. The van der Waals surface area contributed by atoms with Gasteiger partial charge in [-0.3, -0.25) is 9.59 Å². The highest BCUT2D eigenvalue weighted by Crippen LogP contribution is 2.39. The van der Waals surface area contributed by atoms with E-state index in [-0.39, 0.29) is 46.0 Å². The first-order valence-electron chi connectivity index (χ1n) is 8.14. The van der Waals surface area contributed by atoms with E-state index in [4.69, 9.17) is 9.47 Å². The van der Waals surface area contributed by atoms with Crippen molar-refractivity contribution in [3.05, 3.63) is 58.1 Å². The van der Waals surface area contributed by atoms with E-state index in [0.29, 0.717) is 11.3 Å². The molecule has 0 bridgehead atoms. The van der Waals surface area contributed by atoms with Crippen LogP contribution in [0.2, 0.25) is 0 Å². The smallest absolute Gasteiger partial charge is 0.198 e. The Hall–Kier alpha value is -2.70. The molecule has 0 spiro atoms. The number of hydrogen-bond donors (Lipinski definition) is 2. The predicted octanol–water partition coefficient (Wildman–Crippen LogP) is 1.76. The standard InChI is InChI=1S/C20H20O6/c1-20(24,10-21)9-11-7-8-13-16(19(11)26-3)18(23)12-5-4-6-14(25-2)15(12)17(13)22/h4-8,21,24H,9-10H2,1-3H3/t20-/m1/s1. The van der Waals surface area contributed by atoms with Gasteiger partial charge in [-0.1, -0.05) is 18.2 Å². The first kappa shape index (κ1) is 18.1. The highest BCUT2D eigenvalue weighted by Gasteiger charge is 2.36. The number of carbonyl (C=O) groups excluding carboxylic acids is 2. The first-order valence-corrected chi connectivity index (χ1v) is 8.14. The molecule has 1 aliphatic rings. The molecular formula is C20H20O6. The largest absolute Gasteiger partial charge is 0.496 e. The van der Waals surface area contributed by atoms with Crippen molar-refractivity contribution in [2.45, 2.75) is 18.9 Å². The van der Waals surface area contributed by atoms with Crippen LogP contribution in [0.15, 0.2) is 30.3 Å². The van der Waals surface area contributed by atoms with Gasteiger partial charge in [0.05, 0.1) is 37.6 Å². The van der Waals surface area contributed by atoms with Crippen LogP contribution in [-0.4, -0.2) is 48.2 Å². The van der Waals surface area contributed by atoms with Gasteiger partial charge < -0.3 is 19.7 Å². The second-order valence-corrected chi connectivity index (χ2v) is 6.55. The van der Waals surface area contributed by atoms with Crippen LogP contribution in [0, 0.1) is 0 Å². The molecule has 0 unspecified atom stereocenters. The minimum absolute atomic E-state index is 0.0758. The van der Waals surface area contributed by atoms with E-state index in [1.165, 1.54) is 21.1 Å². The SMILES string of the molecule is COc1cccc2c1C(=O)c1ccc(C[C@@](C)(O)CO)c(OC)c1C2=O. The second-order valence-electron chi connectivity index (χ2n) is 6.55. The van der Waals surface area contributed by atoms with Gasteiger partial charge >= 0.3 is 0 Å². The number of ether oxygens (including phenoxy) is 2. The summed E-state index contributed by atoms with van der Waals surface area (Å²) in [4.78, 5) is 26.1. The molecule has 0 saturated heterocycles. The van der Waals surface area contributed by atoms with Gasteiger partial charge in [0.2, 0.25) is 0 Å². The van der Waals surface area contributed by atoms with Gasteiger partial charge in [-0.2, -0.15) is 0 Å². The highest BCUT2D eigenvalue weighted by molar-refractivity contribution is 6.30. The van der Waals surface area contributed by atoms with Gasteiger partial charge in [-0.05, 0) is 24.6 Å². The molecule has 0 amide bonds. The Morgan fingerprint density at radius 3 is 2.23 bits per heavy atom. The minimum atomic E-state index is -1.37. The average molecular weight is 356 g/mol. The Bertz CT molecular complexity index is 897. The molecule has 2 aromatic rings. The van der Waals surface area contributed by atoms with Gasteiger partial charge in [0.15, 0.2) is 11.6 Å². The van der Waals surface area contributed by atoms with E-state index in [1.807, 2.05) is 0 Å². The summed E-state index contributed by atoms with van der Waals surface area (Å²) in [7, 11) is 2.86. The minimum Gasteiger partial charge on any atom is -0.496 e. The number of hydrogen-bond acceptors (Lipinski definition) is 6. The summed E-state index contributed by atoms with van der Waals surface area (Å²) in [6, 6.07) is 8.06. The fourth-order valence-corrected chi connectivity index (χ4v) is 3.27. The molecule has 2 aromatic carbocycles. The first-order chi connectivity index (χ1) is 12.3. The van der Waals surface area contributed by atoms with Crippen molar-refractivity contribution in [3.8, 4) is 11.5 Å². The lowest BCUT2D eigenvalue weighted by atomic mass is 9.81. The Labute approximate surface area is 151 Å². The molecule has 1 aliphatic carbocycles. The summed E-state index contributed by atoms with van der Waals surface area (Å²) >= 11 is 0. The van der Waals surface area contributed by atoms with E-state index in [0.717, 1.165) is 0 Å². The molecule has 26 heavy (non-hydrogen) atoms. The molecule has 0 radical (unpaired) electrons. The number of rotatable bonds is 5. The quantitative estimate of drug-likeness (QED) is 0.724. The van der Waals surface area contributed by atoms with Gasteiger partial charge in [-0.25, -0.2) is 0 Å². The average Bonchev–Trinajstić information content (AvgIpc) is 2.64. The maximum Gasteiger partial charge on any atom is 0.198 e. The molecule has 6 heteroatoms. The maximum absolute atomic E-state index is 13.1. The second kappa shape index (κ2) is 6.55. The third kappa shape index (κ3) is 2.77. The van der Waals surface area contributed by atoms with Crippen molar-refractivity contribution in [1.82, 2.24) is 0 Å². The van der Waals surface area contributed by atoms with E-state index in [2.05, 4.69) is 0 Å². The lowest BCUT2D eigenvalue weighted by molar-refractivity contribution is 0.00191. The monoisotopic (exact) mass is 356 g/mol. The van der Waals surface area contributed by atoms with Crippen LogP contribution in [-0.2, 0) is 6.42 Å². The third-order valence-corrected chi connectivity index (χ3v) is 4.54. The molecule has 1 atom stereocenters. The summed E-state index contributed by atoms with van der Waals surface area (Å²) in [5.41, 5.74) is 0.0686. The number of ketones is 2. The van der Waals surface area contributed by atoms with Gasteiger partial charge in [0.1, 0.15) is 11.5 Å².